The van der Waals surface area contributed by atoms with Crippen LogP contribution in [0.15, 0.2) is 22.7 Å². The summed E-state index contributed by atoms with van der Waals surface area (Å²) >= 11 is 3.30. The van der Waals surface area contributed by atoms with Crippen molar-refractivity contribution >= 4 is 21.6 Å². The van der Waals surface area contributed by atoms with Crippen molar-refractivity contribution in [2.75, 3.05) is 0 Å². The molecule has 16 heavy (non-hydrogen) atoms. The average molecular weight is 284 g/mol. The van der Waals surface area contributed by atoms with Crippen molar-refractivity contribution in [2.24, 2.45) is 7.05 Å². The summed E-state index contributed by atoms with van der Waals surface area (Å²) in [6.45, 7) is 0. The fraction of sp³-hybridized carbons (Fsp3) is 0.125. The second-order valence-electron chi connectivity index (χ2n) is 3.05. The molecule has 1 heterocycles. The second kappa shape index (κ2) is 3.97. The summed E-state index contributed by atoms with van der Waals surface area (Å²) in [6.07, 6.45) is 0. The maximum Gasteiger partial charge on any atom is 0.270 e. The van der Waals surface area contributed by atoms with Gasteiger partial charge in [-0.3, -0.25) is 10.1 Å². The largest absolute Gasteiger partial charge is 0.270 e. The molecule has 0 radical (unpaired) electrons. The Morgan fingerprint density at radius 1 is 1.50 bits per heavy atom. The third-order valence-corrected chi connectivity index (χ3v) is 2.71. The van der Waals surface area contributed by atoms with E-state index in [2.05, 4.69) is 31.5 Å². The SMILES string of the molecule is Cn1nnnc1-c1cc([N+](=O)[O-])ccc1Br. The van der Waals surface area contributed by atoms with E-state index in [0.29, 0.717) is 15.9 Å². The first-order valence-electron chi connectivity index (χ1n) is 4.26. The van der Waals surface area contributed by atoms with Gasteiger partial charge in [0.15, 0.2) is 5.82 Å². The van der Waals surface area contributed by atoms with Crippen LogP contribution in [0.2, 0.25) is 0 Å². The Kier molecular flexibility index (Phi) is 2.65. The normalized spacial score (nSPS) is 10.4. The van der Waals surface area contributed by atoms with E-state index in [1.807, 2.05) is 0 Å². The van der Waals surface area contributed by atoms with Crippen molar-refractivity contribution in [2.45, 2.75) is 0 Å². The highest BCUT2D eigenvalue weighted by Crippen LogP contribution is 2.29. The molecule has 7 nitrogen and oxygen atoms in total. The van der Waals surface area contributed by atoms with Crippen LogP contribution in [0.25, 0.3) is 11.4 Å². The molecule has 82 valence electrons. The minimum absolute atomic E-state index is 0.00111. The Hall–Kier alpha value is -1.83. The van der Waals surface area contributed by atoms with Gasteiger partial charge >= 0.3 is 0 Å². The molecule has 0 aliphatic carbocycles. The lowest BCUT2D eigenvalue weighted by Gasteiger charge is -2.01. The average Bonchev–Trinajstić information content (AvgIpc) is 2.65. The second-order valence-corrected chi connectivity index (χ2v) is 3.90. The Bertz CT molecular complexity index is 553. The van der Waals surface area contributed by atoms with Gasteiger partial charge in [-0.1, -0.05) is 15.9 Å². The van der Waals surface area contributed by atoms with E-state index in [-0.39, 0.29) is 5.69 Å². The van der Waals surface area contributed by atoms with Gasteiger partial charge in [-0.25, -0.2) is 4.68 Å². The maximum atomic E-state index is 10.7. The fourth-order valence-electron chi connectivity index (χ4n) is 1.26. The van der Waals surface area contributed by atoms with Crippen LogP contribution < -0.4 is 0 Å². The number of hydrogen-bond donors (Lipinski definition) is 0. The third-order valence-electron chi connectivity index (χ3n) is 2.02. The van der Waals surface area contributed by atoms with Crippen LogP contribution in [-0.4, -0.2) is 25.1 Å². The number of rotatable bonds is 2. The monoisotopic (exact) mass is 283 g/mol. The molecule has 0 saturated heterocycles. The van der Waals surface area contributed by atoms with Crippen LogP contribution in [0.3, 0.4) is 0 Å². The van der Waals surface area contributed by atoms with Gasteiger partial charge in [0.1, 0.15) is 0 Å². The van der Waals surface area contributed by atoms with E-state index in [0.717, 1.165) is 0 Å². The number of nitro benzene ring substituents is 1. The minimum atomic E-state index is -0.459. The molecule has 2 rings (SSSR count). The number of aromatic nitrogens is 4. The van der Waals surface area contributed by atoms with E-state index in [1.54, 1.807) is 13.1 Å². The fourth-order valence-corrected chi connectivity index (χ4v) is 1.68. The van der Waals surface area contributed by atoms with Gasteiger partial charge < -0.3 is 0 Å². The van der Waals surface area contributed by atoms with Crippen molar-refractivity contribution in [3.63, 3.8) is 0 Å². The molecule has 1 aromatic carbocycles. The van der Waals surface area contributed by atoms with Crippen molar-refractivity contribution in [1.29, 1.82) is 0 Å². The lowest BCUT2D eigenvalue weighted by atomic mass is 10.2. The van der Waals surface area contributed by atoms with Crippen LogP contribution in [-0.2, 0) is 7.05 Å². The van der Waals surface area contributed by atoms with E-state index in [9.17, 15) is 10.1 Å². The summed E-state index contributed by atoms with van der Waals surface area (Å²) in [4.78, 5) is 10.2. The van der Waals surface area contributed by atoms with Crippen LogP contribution in [0.1, 0.15) is 0 Å². The topological polar surface area (TPSA) is 86.7 Å². The number of hydrogen-bond acceptors (Lipinski definition) is 5. The maximum absolute atomic E-state index is 10.7. The van der Waals surface area contributed by atoms with E-state index in [1.165, 1.54) is 16.8 Å². The number of aryl methyl sites for hydroxylation is 1. The molecule has 0 aliphatic heterocycles. The predicted molar refractivity (Wildman–Crippen MR) is 58.6 cm³/mol. The van der Waals surface area contributed by atoms with Crippen LogP contribution in [0, 0.1) is 10.1 Å². The predicted octanol–water partition coefficient (Wildman–Crippen LogP) is 1.55. The molecule has 0 atom stereocenters. The molecule has 2 aromatic rings. The van der Waals surface area contributed by atoms with E-state index >= 15 is 0 Å². The highest BCUT2D eigenvalue weighted by molar-refractivity contribution is 9.10. The first-order valence-corrected chi connectivity index (χ1v) is 5.05. The summed E-state index contributed by atoms with van der Waals surface area (Å²) in [6, 6.07) is 4.44. The van der Waals surface area contributed by atoms with Crippen molar-refractivity contribution in [3.05, 3.63) is 32.8 Å². The summed E-state index contributed by atoms with van der Waals surface area (Å²) in [5.41, 5.74) is 0.586. The number of benzene rings is 1. The first-order chi connectivity index (χ1) is 7.59. The first kappa shape index (κ1) is 10.7. The van der Waals surface area contributed by atoms with Crippen LogP contribution in [0.5, 0.6) is 0 Å². The number of halogens is 1. The zero-order valence-electron chi connectivity index (χ0n) is 8.16. The summed E-state index contributed by atoms with van der Waals surface area (Å²) in [7, 11) is 1.67. The Labute approximate surface area is 98.4 Å². The Morgan fingerprint density at radius 3 is 2.81 bits per heavy atom. The van der Waals surface area contributed by atoms with Gasteiger partial charge in [-0.15, -0.1) is 5.10 Å². The van der Waals surface area contributed by atoms with Gasteiger partial charge in [-0.05, 0) is 16.5 Å². The van der Waals surface area contributed by atoms with Crippen molar-refractivity contribution < 1.29 is 4.92 Å². The third kappa shape index (κ3) is 1.78. The number of non-ortho nitro benzene ring substituents is 1. The molecule has 0 spiro atoms. The standard InChI is InChI=1S/C8H6BrN5O2/c1-13-8(10-11-12-13)6-4-5(14(15)16)2-3-7(6)9/h2-4H,1H3. The molecular formula is C8H6BrN5O2. The summed E-state index contributed by atoms with van der Waals surface area (Å²) < 4.78 is 2.15. The van der Waals surface area contributed by atoms with Crippen LogP contribution in [0.4, 0.5) is 5.69 Å². The molecule has 0 unspecified atom stereocenters. The van der Waals surface area contributed by atoms with Crippen molar-refractivity contribution in [1.82, 2.24) is 20.2 Å². The molecule has 0 bridgehead atoms. The summed E-state index contributed by atoms with van der Waals surface area (Å²) in [5.74, 6) is 0.468. The quantitative estimate of drug-likeness (QED) is 0.616. The molecule has 0 aliphatic rings. The smallest absolute Gasteiger partial charge is 0.258 e. The van der Waals surface area contributed by atoms with Gasteiger partial charge in [0, 0.05) is 29.2 Å². The Balaban J connectivity index is 2.60. The molecule has 8 heteroatoms. The van der Waals surface area contributed by atoms with Crippen LogP contribution >= 0.6 is 15.9 Å². The van der Waals surface area contributed by atoms with Gasteiger partial charge in [0.05, 0.1) is 4.92 Å². The minimum Gasteiger partial charge on any atom is -0.258 e. The molecule has 0 saturated carbocycles. The molecule has 1 aromatic heterocycles. The highest BCUT2D eigenvalue weighted by atomic mass is 79.9. The van der Waals surface area contributed by atoms with Crippen molar-refractivity contribution in [3.8, 4) is 11.4 Å². The van der Waals surface area contributed by atoms with Gasteiger partial charge in [0.2, 0.25) is 0 Å². The van der Waals surface area contributed by atoms with E-state index in [4.69, 9.17) is 0 Å². The molecule has 0 N–H and O–H groups in total. The lowest BCUT2D eigenvalue weighted by molar-refractivity contribution is -0.384. The Morgan fingerprint density at radius 2 is 2.25 bits per heavy atom. The lowest BCUT2D eigenvalue weighted by Crippen LogP contribution is -1.96. The van der Waals surface area contributed by atoms with E-state index < -0.39 is 4.92 Å². The zero-order valence-corrected chi connectivity index (χ0v) is 9.75. The number of tetrazole rings is 1. The number of nitro groups is 1. The van der Waals surface area contributed by atoms with Gasteiger partial charge in [0.25, 0.3) is 5.69 Å². The number of nitrogens with zero attached hydrogens (tertiary/aromatic N) is 5. The zero-order chi connectivity index (χ0) is 11.7. The highest BCUT2D eigenvalue weighted by Gasteiger charge is 2.14. The van der Waals surface area contributed by atoms with Gasteiger partial charge in [-0.2, -0.15) is 0 Å². The molecular weight excluding hydrogens is 278 g/mol. The molecule has 0 amide bonds. The summed E-state index contributed by atoms with van der Waals surface area (Å²) in [5, 5.41) is 21.6. The molecule has 0 fully saturated rings.